The first-order valence-electron chi connectivity index (χ1n) is 6.19. The number of aromatic nitrogens is 2. The van der Waals surface area contributed by atoms with E-state index in [1.54, 1.807) is 17.1 Å². The van der Waals surface area contributed by atoms with E-state index in [-0.39, 0.29) is 0 Å². The van der Waals surface area contributed by atoms with Crippen molar-refractivity contribution < 1.29 is 4.42 Å². The van der Waals surface area contributed by atoms with Crippen LogP contribution < -0.4 is 5.32 Å². The number of nitrogens with zero attached hydrogens (tertiary/aromatic N) is 2. The maximum Gasteiger partial charge on any atom is 0.103 e. The SMILES string of the molecule is C=Cn1cc(CNC(C)CCc2ccco2)cn1. The quantitative estimate of drug-likeness (QED) is 0.815. The first-order valence-corrected chi connectivity index (χ1v) is 6.19. The fraction of sp³-hybridized carbons (Fsp3) is 0.357. The topological polar surface area (TPSA) is 43.0 Å². The molecule has 4 nitrogen and oxygen atoms in total. The third kappa shape index (κ3) is 3.60. The van der Waals surface area contributed by atoms with E-state index in [4.69, 9.17) is 4.42 Å². The predicted octanol–water partition coefficient (Wildman–Crippen LogP) is 2.69. The maximum absolute atomic E-state index is 5.31. The molecule has 0 aliphatic heterocycles. The Balaban J connectivity index is 1.71. The minimum atomic E-state index is 0.446. The van der Waals surface area contributed by atoms with Gasteiger partial charge in [-0.15, -0.1) is 0 Å². The molecule has 0 aromatic carbocycles. The van der Waals surface area contributed by atoms with E-state index in [1.807, 2.05) is 24.5 Å². The van der Waals surface area contributed by atoms with Gasteiger partial charge >= 0.3 is 0 Å². The van der Waals surface area contributed by atoms with Crippen LogP contribution in [0.3, 0.4) is 0 Å². The molecule has 1 N–H and O–H groups in total. The molecule has 1 unspecified atom stereocenters. The molecule has 2 aromatic rings. The van der Waals surface area contributed by atoms with Crippen LogP contribution in [0.15, 0.2) is 41.8 Å². The van der Waals surface area contributed by atoms with Crippen molar-refractivity contribution in [3.8, 4) is 0 Å². The van der Waals surface area contributed by atoms with Gasteiger partial charge in [-0.25, -0.2) is 4.68 Å². The Morgan fingerprint density at radius 3 is 3.17 bits per heavy atom. The summed E-state index contributed by atoms with van der Waals surface area (Å²) in [4.78, 5) is 0. The van der Waals surface area contributed by atoms with E-state index in [9.17, 15) is 0 Å². The Morgan fingerprint density at radius 2 is 2.50 bits per heavy atom. The van der Waals surface area contributed by atoms with Crippen LogP contribution in [-0.4, -0.2) is 15.8 Å². The zero-order valence-electron chi connectivity index (χ0n) is 10.7. The van der Waals surface area contributed by atoms with Gasteiger partial charge in [-0.1, -0.05) is 6.58 Å². The van der Waals surface area contributed by atoms with E-state index >= 15 is 0 Å². The Kier molecular flexibility index (Phi) is 4.36. The highest BCUT2D eigenvalue weighted by molar-refractivity contribution is 5.17. The fourth-order valence-electron chi connectivity index (χ4n) is 1.78. The zero-order valence-corrected chi connectivity index (χ0v) is 10.7. The summed E-state index contributed by atoms with van der Waals surface area (Å²) in [5.41, 5.74) is 1.17. The summed E-state index contributed by atoms with van der Waals surface area (Å²) in [5.74, 6) is 1.04. The van der Waals surface area contributed by atoms with Crippen LogP contribution in [0.5, 0.6) is 0 Å². The molecule has 0 spiro atoms. The summed E-state index contributed by atoms with van der Waals surface area (Å²) in [5, 5.41) is 7.61. The third-order valence-corrected chi connectivity index (χ3v) is 2.90. The highest BCUT2D eigenvalue weighted by Gasteiger charge is 2.04. The lowest BCUT2D eigenvalue weighted by atomic mass is 10.1. The second kappa shape index (κ2) is 6.21. The highest BCUT2D eigenvalue weighted by atomic mass is 16.3. The lowest BCUT2D eigenvalue weighted by molar-refractivity contribution is 0.460. The van der Waals surface area contributed by atoms with Crippen LogP contribution in [0.25, 0.3) is 6.20 Å². The second-order valence-electron chi connectivity index (χ2n) is 4.41. The van der Waals surface area contributed by atoms with Gasteiger partial charge in [0.05, 0.1) is 12.5 Å². The van der Waals surface area contributed by atoms with Crippen LogP contribution in [-0.2, 0) is 13.0 Å². The average Bonchev–Trinajstić information content (AvgIpc) is 3.04. The molecule has 18 heavy (non-hydrogen) atoms. The fourth-order valence-corrected chi connectivity index (χ4v) is 1.78. The molecule has 96 valence electrons. The first-order chi connectivity index (χ1) is 8.78. The summed E-state index contributed by atoms with van der Waals surface area (Å²) in [6, 6.07) is 4.39. The first kappa shape index (κ1) is 12.6. The molecule has 0 saturated carbocycles. The van der Waals surface area contributed by atoms with E-state index in [0.29, 0.717) is 6.04 Å². The normalized spacial score (nSPS) is 12.5. The lowest BCUT2D eigenvalue weighted by Gasteiger charge is -2.11. The third-order valence-electron chi connectivity index (χ3n) is 2.90. The average molecular weight is 245 g/mol. The zero-order chi connectivity index (χ0) is 12.8. The van der Waals surface area contributed by atoms with Gasteiger partial charge in [0.25, 0.3) is 0 Å². The van der Waals surface area contributed by atoms with Gasteiger partial charge in [-0.3, -0.25) is 0 Å². The maximum atomic E-state index is 5.31. The van der Waals surface area contributed by atoms with E-state index in [0.717, 1.165) is 25.1 Å². The standard InChI is InChI=1S/C14H19N3O/c1-3-17-11-13(10-16-17)9-15-12(2)6-7-14-5-4-8-18-14/h3-5,8,10-12,15H,1,6-7,9H2,2H3. The monoisotopic (exact) mass is 245 g/mol. The molecule has 0 aliphatic rings. The van der Waals surface area contributed by atoms with Crippen LogP contribution in [0.4, 0.5) is 0 Å². The van der Waals surface area contributed by atoms with Crippen molar-refractivity contribution in [3.05, 3.63) is 48.7 Å². The molecule has 0 radical (unpaired) electrons. The van der Waals surface area contributed by atoms with E-state index in [2.05, 4.69) is 23.9 Å². The smallest absolute Gasteiger partial charge is 0.103 e. The number of hydrogen-bond donors (Lipinski definition) is 1. The van der Waals surface area contributed by atoms with Crippen molar-refractivity contribution in [2.24, 2.45) is 0 Å². The second-order valence-corrected chi connectivity index (χ2v) is 4.41. The molecular formula is C14H19N3O. The number of aryl methyl sites for hydroxylation is 1. The predicted molar refractivity (Wildman–Crippen MR) is 71.9 cm³/mol. The van der Waals surface area contributed by atoms with Gasteiger partial charge in [0.1, 0.15) is 5.76 Å². The Labute approximate surface area is 107 Å². The molecular weight excluding hydrogens is 226 g/mol. The van der Waals surface area contributed by atoms with Gasteiger partial charge in [-0.05, 0) is 25.5 Å². The molecule has 0 bridgehead atoms. The minimum Gasteiger partial charge on any atom is -0.469 e. The molecule has 0 saturated heterocycles. The molecule has 2 aromatic heterocycles. The molecule has 4 heteroatoms. The largest absolute Gasteiger partial charge is 0.469 e. The van der Waals surface area contributed by atoms with Crippen molar-refractivity contribution in [2.75, 3.05) is 0 Å². The minimum absolute atomic E-state index is 0.446. The molecule has 1 atom stereocenters. The summed E-state index contributed by atoms with van der Waals surface area (Å²) in [6.45, 7) is 6.68. The van der Waals surface area contributed by atoms with Crippen molar-refractivity contribution >= 4 is 6.20 Å². The highest BCUT2D eigenvalue weighted by Crippen LogP contribution is 2.06. The Morgan fingerprint density at radius 1 is 1.61 bits per heavy atom. The molecule has 0 amide bonds. The Bertz CT molecular complexity index is 473. The molecule has 0 fully saturated rings. The molecule has 2 rings (SSSR count). The van der Waals surface area contributed by atoms with E-state index in [1.165, 1.54) is 5.56 Å². The molecule has 0 aliphatic carbocycles. The van der Waals surface area contributed by atoms with Gasteiger partial charge in [0.2, 0.25) is 0 Å². The number of hydrogen-bond acceptors (Lipinski definition) is 3. The van der Waals surface area contributed by atoms with Gasteiger partial charge in [0.15, 0.2) is 0 Å². The number of furan rings is 1. The van der Waals surface area contributed by atoms with Crippen LogP contribution >= 0.6 is 0 Å². The van der Waals surface area contributed by atoms with Gasteiger partial charge < -0.3 is 9.73 Å². The van der Waals surface area contributed by atoms with Crippen LogP contribution in [0.1, 0.15) is 24.7 Å². The summed E-state index contributed by atoms with van der Waals surface area (Å²) in [6.07, 6.45) is 9.25. The van der Waals surface area contributed by atoms with Crippen molar-refractivity contribution in [1.29, 1.82) is 0 Å². The Hall–Kier alpha value is -1.81. The van der Waals surface area contributed by atoms with E-state index < -0.39 is 0 Å². The van der Waals surface area contributed by atoms with Crippen molar-refractivity contribution in [3.63, 3.8) is 0 Å². The van der Waals surface area contributed by atoms with Crippen molar-refractivity contribution in [1.82, 2.24) is 15.1 Å². The van der Waals surface area contributed by atoms with Gasteiger partial charge in [-0.2, -0.15) is 5.10 Å². The van der Waals surface area contributed by atoms with Gasteiger partial charge in [0, 0.05) is 37.0 Å². The van der Waals surface area contributed by atoms with Crippen molar-refractivity contribution in [2.45, 2.75) is 32.4 Å². The lowest BCUT2D eigenvalue weighted by Crippen LogP contribution is -2.25. The summed E-state index contributed by atoms with van der Waals surface area (Å²) >= 11 is 0. The number of nitrogens with one attached hydrogen (secondary N) is 1. The molecule has 2 heterocycles. The van der Waals surface area contributed by atoms with Crippen LogP contribution in [0, 0.1) is 0 Å². The summed E-state index contributed by atoms with van der Waals surface area (Å²) < 4.78 is 7.03. The van der Waals surface area contributed by atoms with Crippen LogP contribution in [0.2, 0.25) is 0 Å². The summed E-state index contributed by atoms with van der Waals surface area (Å²) in [7, 11) is 0. The number of rotatable bonds is 7.